The second kappa shape index (κ2) is 12.6. The molecule has 12 heteroatoms. The summed E-state index contributed by atoms with van der Waals surface area (Å²) in [7, 11) is -10.7. The normalized spacial score (nSPS) is 12.8. The fourth-order valence-corrected chi connectivity index (χ4v) is 5.79. The molecule has 0 radical (unpaired) electrons. The fraction of sp³-hybridized carbons (Fsp3) is 0. The molecule has 43 heavy (non-hydrogen) atoms. The van der Waals surface area contributed by atoms with E-state index < -0.39 is 7.81 Å². The number of halogens is 8. The second-order valence-electron chi connectivity index (χ2n) is 9.02. The molecule has 0 aromatic heterocycles. The minimum atomic E-state index is -10.7. The summed E-state index contributed by atoms with van der Waals surface area (Å²) in [6, 6.07) is 39.9. The summed E-state index contributed by atoms with van der Waals surface area (Å²) in [5.74, 6) is 0.283. The van der Waals surface area contributed by atoms with Crippen LogP contribution in [-0.2, 0) is 0 Å². The van der Waals surface area contributed by atoms with E-state index in [0.29, 0.717) is 5.02 Å². The summed E-state index contributed by atoms with van der Waals surface area (Å²) in [5, 5.41) is 1.43. The monoisotopic (exact) mass is 688 g/mol. The van der Waals surface area contributed by atoms with E-state index in [0.717, 1.165) is 46.9 Å². The molecule has 0 fully saturated rings. The molecule has 224 valence electrons. The Morgan fingerprint density at radius 3 is 1.53 bits per heavy atom. The van der Waals surface area contributed by atoms with Gasteiger partial charge in [0.1, 0.15) is 0 Å². The van der Waals surface area contributed by atoms with Crippen LogP contribution in [0.1, 0.15) is 11.1 Å². The van der Waals surface area contributed by atoms with Crippen LogP contribution in [0.5, 0.6) is 0 Å². The number of benzene rings is 5. The van der Waals surface area contributed by atoms with Crippen molar-refractivity contribution in [3.8, 4) is 11.1 Å². The summed E-state index contributed by atoms with van der Waals surface area (Å²) in [4.78, 5) is 15.0. The van der Waals surface area contributed by atoms with E-state index in [4.69, 9.17) is 23.2 Å². The van der Waals surface area contributed by atoms with E-state index in [2.05, 4.69) is 30.3 Å². The molecule has 5 aromatic rings. The van der Waals surface area contributed by atoms with Crippen molar-refractivity contribution in [2.45, 2.75) is 19.6 Å². The number of carbonyl (C=O) groups excluding carboxylic acids is 1. The minimum absolute atomic E-state index is 0.283. The van der Waals surface area contributed by atoms with Crippen LogP contribution in [0.3, 0.4) is 0 Å². The number of rotatable bonds is 7. The molecule has 5 rings (SSSR count). The van der Waals surface area contributed by atoms with Crippen LogP contribution in [0.25, 0.3) is 11.1 Å². The van der Waals surface area contributed by atoms with Crippen LogP contribution < -0.4 is 0 Å². The SMILES string of the molecule is F[P-](F)(F)(F)(F)F.[OH+]=C(c1ccccc1)c1ccc(Sc2ccc(-c3cc(Cl)ccc3Sc3ccc(Cl)cc3)cc2)cc1. The first-order chi connectivity index (χ1) is 20.0. The Kier molecular flexibility index (Phi) is 9.64. The van der Waals surface area contributed by atoms with Crippen molar-refractivity contribution in [3.05, 3.63) is 142 Å². The van der Waals surface area contributed by atoms with Crippen LogP contribution in [0.2, 0.25) is 10.0 Å². The van der Waals surface area contributed by atoms with Crippen molar-refractivity contribution in [3.63, 3.8) is 0 Å². The first-order valence-corrected chi connectivity index (χ1v) is 16.7. The molecule has 0 amide bonds. The van der Waals surface area contributed by atoms with E-state index in [1.807, 2.05) is 91.0 Å². The van der Waals surface area contributed by atoms with Gasteiger partial charge < -0.3 is 0 Å². The van der Waals surface area contributed by atoms with Gasteiger partial charge >= 0.3 is 38.8 Å². The molecule has 0 saturated heterocycles. The second-order valence-corrected chi connectivity index (χ2v) is 14.1. The molecule has 0 aliphatic rings. The smallest absolute Gasteiger partial charge is 0.273 e. The van der Waals surface area contributed by atoms with E-state index in [9.17, 15) is 30.0 Å². The van der Waals surface area contributed by atoms with Crippen molar-refractivity contribution >= 4 is 60.3 Å². The zero-order valence-electron chi connectivity index (χ0n) is 21.8. The number of hydrogen-bond acceptors (Lipinski definition) is 2. The molecular formula is C31H21Cl2F6OPS2. The average molecular weight is 690 g/mol. The van der Waals surface area contributed by atoms with Crippen molar-refractivity contribution < 1.29 is 30.0 Å². The van der Waals surface area contributed by atoms with Gasteiger partial charge in [0, 0.05) is 29.6 Å². The largest absolute Gasteiger partial charge is 0.354 e. The Morgan fingerprint density at radius 2 is 0.977 bits per heavy atom. The Labute approximate surface area is 262 Å². The topological polar surface area (TPSA) is 21.4 Å². The third kappa shape index (κ3) is 11.6. The maximum absolute atomic E-state index is 10.7. The number of hydrogen-bond donors (Lipinski definition) is 0. The summed E-state index contributed by atoms with van der Waals surface area (Å²) >= 11 is 15.8. The summed E-state index contributed by atoms with van der Waals surface area (Å²) in [5.41, 5.74) is 3.81. The third-order valence-corrected chi connectivity index (χ3v) is 8.15. The quantitative estimate of drug-likeness (QED) is 0.0734. The maximum Gasteiger partial charge on any atom is 0.354 e. The Bertz CT molecular complexity index is 1710. The van der Waals surface area contributed by atoms with E-state index >= 15 is 0 Å². The predicted octanol–water partition coefficient (Wildman–Crippen LogP) is 13.3. The molecule has 0 saturated carbocycles. The van der Waals surface area contributed by atoms with Gasteiger partial charge in [0.05, 0.1) is 11.1 Å². The first kappa shape index (κ1) is 33.0. The standard InChI is InChI=1S/C31H20Cl2OS2.F6P/c32-24-10-17-28(18-11-24)36-30-19-12-25(33)20-29(30)21-6-13-26(14-7-21)35-27-15-8-23(9-16-27)31(34)22-4-2-1-3-5-22;1-7(2,3,4,5)6/h1-20H;/q;-1/p+1. The fourth-order valence-electron chi connectivity index (χ4n) is 3.73. The first-order valence-electron chi connectivity index (χ1n) is 12.3. The van der Waals surface area contributed by atoms with Gasteiger partial charge in [0.2, 0.25) is 0 Å². The average Bonchev–Trinajstić information content (AvgIpc) is 2.94. The van der Waals surface area contributed by atoms with Gasteiger partial charge in [-0.1, -0.05) is 77.1 Å². The van der Waals surface area contributed by atoms with Crippen LogP contribution in [0, 0.1) is 0 Å². The third-order valence-electron chi connectivity index (χ3n) is 5.56. The molecule has 1 nitrogen and oxygen atoms in total. The molecular weight excluding hydrogens is 668 g/mol. The molecule has 0 aliphatic carbocycles. The zero-order valence-corrected chi connectivity index (χ0v) is 25.8. The molecule has 0 aliphatic heterocycles. The molecule has 0 heterocycles. The van der Waals surface area contributed by atoms with Gasteiger partial charge in [-0.25, -0.2) is 0 Å². The molecule has 0 atom stereocenters. The predicted molar refractivity (Wildman–Crippen MR) is 168 cm³/mol. The molecule has 0 spiro atoms. The van der Waals surface area contributed by atoms with Crippen LogP contribution in [-0.4, -0.2) is 10.6 Å². The zero-order chi connectivity index (χ0) is 31.3. The maximum atomic E-state index is 10.6. The van der Waals surface area contributed by atoms with E-state index in [1.54, 1.807) is 23.5 Å². The van der Waals surface area contributed by atoms with Gasteiger partial charge in [-0.05, 0) is 102 Å². The Balaban J connectivity index is 0.000000541. The summed E-state index contributed by atoms with van der Waals surface area (Å²) < 4.78 is 59.2. The minimum Gasteiger partial charge on any atom is -0.273 e. The van der Waals surface area contributed by atoms with E-state index in [-0.39, 0.29) is 5.78 Å². The molecule has 0 bridgehead atoms. The van der Waals surface area contributed by atoms with Crippen LogP contribution >= 0.6 is 54.5 Å². The van der Waals surface area contributed by atoms with Crippen LogP contribution in [0.4, 0.5) is 25.2 Å². The Morgan fingerprint density at radius 1 is 0.535 bits per heavy atom. The number of ketones is 1. The van der Waals surface area contributed by atoms with Crippen LogP contribution in [0.15, 0.2) is 141 Å². The van der Waals surface area contributed by atoms with Gasteiger partial charge in [-0.2, -0.15) is 0 Å². The molecule has 0 unspecified atom stereocenters. The summed E-state index contributed by atoms with van der Waals surface area (Å²) in [6.07, 6.45) is 0. The molecule has 5 aromatic carbocycles. The van der Waals surface area contributed by atoms with Gasteiger partial charge in [-0.3, -0.25) is 4.79 Å². The van der Waals surface area contributed by atoms with Crippen molar-refractivity contribution in [1.29, 1.82) is 0 Å². The van der Waals surface area contributed by atoms with E-state index in [1.165, 1.54) is 0 Å². The van der Waals surface area contributed by atoms with Gasteiger partial charge in [0.15, 0.2) is 0 Å². The molecule has 1 N–H and O–H groups in total. The van der Waals surface area contributed by atoms with Crippen molar-refractivity contribution in [2.75, 3.05) is 0 Å². The van der Waals surface area contributed by atoms with Gasteiger partial charge in [0.25, 0.3) is 0 Å². The van der Waals surface area contributed by atoms with Gasteiger partial charge in [-0.15, -0.1) is 0 Å². The van der Waals surface area contributed by atoms with Crippen molar-refractivity contribution in [2.24, 2.45) is 0 Å². The Hall–Kier alpha value is -2.94. The summed E-state index contributed by atoms with van der Waals surface area (Å²) in [6.45, 7) is 0. The van der Waals surface area contributed by atoms with Crippen molar-refractivity contribution in [1.82, 2.24) is 0 Å².